The second-order valence-corrected chi connectivity index (χ2v) is 6.85. The van der Waals surface area contributed by atoms with Crippen molar-refractivity contribution < 1.29 is 9.90 Å². The Hall–Kier alpha value is -2.35. The predicted molar refractivity (Wildman–Crippen MR) is 95.5 cm³/mol. The first-order chi connectivity index (χ1) is 11.6. The van der Waals surface area contributed by atoms with Gasteiger partial charge in [-0.2, -0.15) is 0 Å². The van der Waals surface area contributed by atoms with Gasteiger partial charge in [-0.1, -0.05) is 6.07 Å². The minimum atomic E-state index is -0.721. The first kappa shape index (κ1) is 16.5. The standard InChI is InChI=1S/C16H21N5O2S/c17-13-14(18-6-3-12-2-1-9-24-12)19-10-20-15(13)21-7-4-11(5-8-21)16(22)23/h1-2,9-11H,3-8,17H2,(H,22,23)(H,18,19,20). The Balaban J connectivity index is 1.62. The molecule has 0 atom stereocenters. The van der Waals surface area contributed by atoms with E-state index in [9.17, 15) is 4.79 Å². The third kappa shape index (κ3) is 3.76. The molecule has 0 amide bonds. The number of hydrogen-bond acceptors (Lipinski definition) is 7. The number of rotatable bonds is 6. The number of aromatic nitrogens is 2. The number of thiophene rings is 1. The van der Waals surface area contributed by atoms with Gasteiger partial charge in [0.15, 0.2) is 11.6 Å². The van der Waals surface area contributed by atoms with Crippen molar-refractivity contribution in [1.29, 1.82) is 0 Å². The van der Waals surface area contributed by atoms with Gasteiger partial charge in [0.05, 0.1) is 5.92 Å². The second-order valence-electron chi connectivity index (χ2n) is 5.82. The number of anilines is 3. The lowest BCUT2D eigenvalue weighted by molar-refractivity contribution is -0.142. The Kier molecular flexibility index (Phi) is 5.14. The van der Waals surface area contributed by atoms with Crippen molar-refractivity contribution in [3.63, 3.8) is 0 Å². The summed E-state index contributed by atoms with van der Waals surface area (Å²) in [7, 11) is 0. The Morgan fingerprint density at radius 2 is 2.21 bits per heavy atom. The molecule has 1 fully saturated rings. The smallest absolute Gasteiger partial charge is 0.306 e. The van der Waals surface area contributed by atoms with Crippen LogP contribution in [0.4, 0.5) is 17.3 Å². The number of nitrogens with zero attached hydrogens (tertiary/aromatic N) is 3. The lowest BCUT2D eigenvalue weighted by Gasteiger charge is -2.31. The van der Waals surface area contributed by atoms with Gasteiger partial charge in [0, 0.05) is 24.5 Å². The van der Waals surface area contributed by atoms with E-state index in [2.05, 4.69) is 26.7 Å². The van der Waals surface area contributed by atoms with Crippen LogP contribution in [0.1, 0.15) is 17.7 Å². The minimum Gasteiger partial charge on any atom is -0.481 e. The molecule has 0 radical (unpaired) electrons. The molecule has 0 saturated carbocycles. The van der Waals surface area contributed by atoms with Crippen LogP contribution in [-0.4, -0.2) is 40.7 Å². The molecule has 2 aromatic heterocycles. The molecule has 0 spiro atoms. The summed E-state index contributed by atoms with van der Waals surface area (Å²) >= 11 is 1.73. The van der Waals surface area contributed by atoms with E-state index >= 15 is 0 Å². The number of nitrogens with one attached hydrogen (secondary N) is 1. The van der Waals surface area contributed by atoms with Gasteiger partial charge in [0.1, 0.15) is 12.0 Å². The summed E-state index contributed by atoms with van der Waals surface area (Å²) in [5.41, 5.74) is 6.75. The van der Waals surface area contributed by atoms with Crippen molar-refractivity contribution in [2.24, 2.45) is 5.92 Å². The first-order valence-electron chi connectivity index (χ1n) is 7.99. The van der Waals surface area contributed by atoms with E-state index in [0.717, 1.165) is 13.0 Å². The quantitative estimate of drug-likeness (QED) is 0.735. The van der Waals surface area contributed by atoms with E-state index in [1.54, 1.807) is 11.3 Å². The highest BCUT2D eigenvalue weighted by Gasteiger charge is 2.26. The Morgan fingerprint density at radius 1 is 1.42 bits per heavy atom. The zero-order chi connectivity index (χ0) is 16.9. The predicted octanol–water partition coefficient (Wildman–Crippen LogP) is 2.08. The van der Waals surface area contributed by atoms with Crippen LogP contribution in [-0.2, 0) is 11.2 Å². The van der Waals surface area contributed by atoms with E-state index < -0.39 is 5.97 Å². The van der Waals surface area contributed by atoms with E-state index in [4.69, 9.17) is 10.8 Å². The summed E-state index contributed by atoms with van der Waals surface area (Å²) < 4.78 is 0. The molecular weight excluding hydrogens is 326 g/mol. The van der Waals surface area contributed by atoms with Crippen LogP contribution in [0.5, 0.6) is 0 Å². The normalized spacial score (nSPS) is 15.4. The number of nitrogens with two attached hydrogens (primary N) is 1. The van der Waals surface area contributed by atoms with E-state index in [1.165, 1.54) is 11.2 Å². The number of carboxylic acids is 1. The number of piperidine rings is 1. The lowest BCUT2D eigenvalue weighted by atomic mass is 9.97. The highest BCUT2D eigenvalue weighted by Crippen LogP contribution is 2.29. The van der Waals surface area contributed by atoms with Crippen LogP contribution in [0.15, 0.2) is 23.8 Å². The molecule has 3 rings (SSSR count). The maximum atomic E-state index is 11.1. The fraction of sp³-hybridized carbons (Fsp3) is 0.438. The molecule has 7 nitrogen and oxygen atoms in total. The van der Waals surface area contributed by atoms with Gasteiger partial charge >= 0.3 is 5.97 Å². The fourth-order valence-electron chi connectivity index (χ4n) is 2.88. The highest BCUT2D eigenvalue weighted by atomic mass is 32.1. The van der Waals surface area contributed by atoms with Crippen LogP contribution >= 0.6 is 11.3 Å². The number of carboxylic acid groups (broad SMARTS) is 1. The third-order valence-corrected chi connectivity index (χ3v) is 5.19. The van der Waals surface area contributed by atoms with E-state index in [-0.39, 0.29) is 5.92 Å². The molecule has 3 heterocycles. The molecular formula is C16H21N5O2S. The molecule has 0 unspecified atom stereocenters. The zero-order valence-electron chi connectivity index (χ0n) is 13.3. The van der Waals surface area contributed by atoms with Crippen LogP contribution in [0, 0.1) is 5.92 Å². The van der Waals surface area contributed by atoms with Crippen LogP contribution in [0.25, 0.3) is 0 Å². The van der Waals surface area contributed by atoms with Crippen molar-refractivity contribution in [1.82, 2.24) is 9.97 Å². The van der Waals surface area contributed by atoms with Crippen molar-refractivity contribution >= 4 is 34.6 Å². The van der Waals surface area contributed by atoms with E-state index in [1.807, 2.05) is 11.0 Å². The highest BCUT2D eigenvalue weighted by molar-refractivity contribution is 7.09. The Labute approximate surface area is 144 Å². The second kappa shape index (κ2) is 7.48. The summed E-state index contributed by atoms with van der Waals surface area (Å²) in [6.07, 6.45) is 3.64. The summed E-state index contributed by atoms with van der Waals surface area (Å²) in [5, 5.41) is 14.4. The molecule has 1 aliphatic heterocycles. The number of carbonyl (C=O) groups is 1. The first-order valence-corrected chi connectivity index (χ1v) is 8.87. The molecule has 1 aliphatic rings. The van der Waals surface area contributed by atoms with Crippen molar-refractivity contribution in [3.8, 4) is 0 Å². The van der Waals surface area contributed by atoms with Crippen molar-refractivity contribution in [2.75, 3.05) is 35.6 Å². The van der Waals surface area contributed by atoms with Gasteiger partial charge in [0.25, 0.3) is 0 Å². The lowest BCUT2D eigenvalue weighted by Crippen LogP contribution is -2.37. The average Bonchev–Trinajstić information content (AvgIpc) is 3.10. The van der Waals surface area contributed by atoms with Gasteiger partial charge in [-0.25, -0.2) is 9.97 Å². The number of aliphatic carboxylic acids is 1. The zero-order valence-corrected chi connectivity index (χ0v) is 14.1. The summed E-state index contributed by atoms with van der Waals surface area (Å²) in [6.45, 7) is 2.04. The number of nitrogen functional groups attached to an aromatic ring is 1. The molecule has 2 aromatic rings. The van der Waals surface area contributed by atoms with Crippen LogP contribution in [0.3, 0.4) is 0 Å². The molecule has 8 heteroatoms. The van der Waals surface area contributed by atoms with Gasteiger partial charge in [-0.3, -0.25) is 4.79 Å². The molecule has 128 valence electrons. The summed E-state index contributed by atoms with van der Waals surface area (Å²) in [4.78, 5) is 22.9. The van der Waals surface area contributed by atoms with E-state index in [0.29, 0.717) is 43.3 Å². The molecule has 24 heavy (non-hydrogen) atoms. The van der Waals surface area contributed by atoms with Gasteiger partial charge in [-0.05, 0) is 30.7 Å². The van der Waals surface area contributed by atoms with Gasteiger partial charge < -0.3 is 21.1 Å². The largest absolute Gasteiger partial charge is 0.481 e. The van der Waals surface area contributed by atoms with Crippen LogP contribution in [0.2, 0.25) is 0 Å². The summed E-state index contributed by atoms with van der Waals surface area (Å²) in [5.74, 6) is 0.332. The average molecular weight is 347 g/mol. The van der Waals surface area contributed by atoms with Gasteiger partial charge in [-0.15, -0.1) is 11.3 Å². The maximum Gasteiger partial charge on any atom is 0.306 e. The Bertz CT molecular complexity index is 684. The molecule has 0 bridgehead atoms. The SMILES string of the molecule is Nc1c(NCCc2cccs2)ncnc1N1CCC(C(=O)O)CC1. The fourth-order valence-corrected chi connectivity index (χ4v) is 3.59. The maximum absolute atomic E-state index is 11.1. The topological polar surface area (TPSA) is 104 Å². The van der Waals surface area contributed by atoms with Crippen molar-refractivity contribution in [2.45, 2.75) is 19.3 Å². The molecule has 0 aliphatic carbocycles. The molecule has 1 saturated heterocycles. The molecule has 0 aromatic carbocycles. The molecule has 4 N–H and O–H groups in total. The minimum absolute atomic E-state index is 0.271. The van der Waals surface area contributed by atoms with Crippen molar-refractivity contribution in [3.05, 3.63) is 28.7 Å². The number of hydrogen-bond donors (Lipinski definition) is 3. The third-order valence-electron chi connectivity index (χ3n) is 4.25. The monoisotopic (exact) mass is 347 g/mol. The van der Waals surface area contributed by atoms with Crippen LogP contribution < -0.4 is 16.0 Å². The summed E-state index contributed by atoms with van der Waals surface area (Å²) in [6, 6.07) is 4.14. The Morgan fingerprint density at radius 3 is 2.88 bits per heavy atom. The van der Waals surface area contributed by atoms with Gasteiger partial charge in [0.2, 0.25) is 0 Å².